The normalized spacial score (nSPS) is 10.9. The zero-order valence-electron chi connectivity index (χ0n) is 13.0. The summed E-state index contributed by atoms with van der Waals surface area (Å²) in [6.07, 6.45) is 0. The van der Waals surface area contributed by atoms with E-state index in [9.17, 15) is 0 Å². The molecule has 0 amide bonds. The highest BCUT2D eigenvalue weighted by molar-refractivity contribution is 5.95. The summed E-state index contributed by atoms with van der Waals surface area (Å²) in [4.78, 5) is 0. The van der Waals surface area contributed by atoms with Gasteiger partial charge in [-0.15, -0.1) is 0 Å². The van der Waals surface area contributed by atoms with Crippen LogP contribution in [0, 0.1) is 6.92 Å². The van der Waals surface area contributed by atoms with Crippen molar-refractivity contribution in [3.8, 4) is 17.2 Å². The Morgan fingerprint density at radius 2 is 1.45 bits per heavy atom. The van der Waals surface area contributed by atoms with E-state index in [1.54, 1.807) is 21.3 Å². The second-order valence-electron chi connectivity index (χ2n) is 5.24. The van der Waals surface area contributed by atoms with Crippen LogP contribution in [0.25, 0.3) is 10.8 Å². The third-order valence-electron chi connectivity index (χ3n) is 3.54. The molecule has 0 unspecified atom stereocenters. The molecule has 0 atom stereocenters. The lowest BCUT2D eigenvalue weighted by Crippen LogP contribution is -2.00. The van der Waals surface area contributed by atoms with E-state index in [2.05, 4.69) is 26.8 Å². The molecule has 108 valence electrons. The number of ether oxygens (including phenoxy) is 3. The van der Waals surface area contributed by atoms with E-state index < -0.39 is 0 Å². The smallest absolute Gasteiger partial charge is 0.164 e. The quantitative estimate of drug-likeness (QED) is 0.832. The summed E-state index contributed by atoms with van der Waals surface area (Å²) >= 11 is 0. The van der Waals surface area contributed by atoms with Gasteiger partial charge in [-0.1, -0.05) is 19.9 Å². The van der Waals surface area contributed by atoms with Crippen molar-refractivity contribution >= 4 is 10.8 Å². The molecule has 3 nitrogen and oxygen atoms in total. The predicted octanol–water partition coefficient (Wildman–Crippen LogP) is 4.30. The van der Waals surface area contributed by atoms with Gasteiger partial charge in [-0.25, -0.2) is 0 Å². The Morgan fingerprint density at radius 3 is 1.95 bits per heavy atom. The van der Waals surface area contributed by atoms with Crippen molar-refractivity contribution in [3.63, 3.8) is 0 Å². The van der Waals surface area contributed by atoms with Crippen molar-refractivity contribution in [3.05, 3.63) is 29.3 Å². The number of fused-ring (bicyclic) bond motifs is 1. The van der Waals surface area contributed by atoms with Gasteiger partial charge in [-0.05, 0) is 35.9 Å². The molecule has 0 bridgehead atoms. The maximum absolute atomic E-state index is 5.58. The second kappa shape index (κ2) is 5.61. The molecule has 20 heavy (non-hydrogen) atoms. The van der Waals surface area contributed by atoms with E-state index in [4.69, 9.17) is 14.2 Å². The van der Waals surface area contributed by atoms with Crippen LogP contribution in [-0.4, -0.2) is 21.3 Å². The molecule has 0 aliphatic heterocycles. The maximum atomic E-state index is 5.58. The number of hydrogen-bond acceptors (Lipinski definition) is 3. The SMILES string of the molecule is COc1cc2c(OC)cc(C)cc2c(C(C)C)c1OC. The lowest BCUT2D eigenvalue weighted by atomic mass is 9.93. The van der Waals surface area contributed by atoms with Crippen LogP contribution in [0.2, 0.25) is 0 Å². The summed E-state index contributed by atoms with van der Waals surface area (Å²) in [5, 5.41) is 2.22. The van der Waals surface area contributed by atoms with E-state index in [0.717, 1.165) is 33.6 Å². The van der Waals surface area contributed by atoms with Crippen molar-refractivity contribution in [2.24, 2.45) is 0 Å². The highest BCUT2D eigenvalue weighted by Gasteiger charge is 2.19. The zero-order chi connectivity index (χ0) is 14.9. The molecule has 0 radical (unpaired) electrons. The molecule has 2 rings (SSSR count). The van der Waals surface area contributed by atoms with Crippen molar-refractivity contribution in [2.45, 2.75) is 26.7 Å². The largest absolute Gasteiger partial charge is 0.496 e. The average molecular weight is 274 g/mol. The summed E-state index contributed by atoms with van der Waals surface area (Å²) in [5.41, 5.74) is 2.33. The fourth-order valence-electron chi connectivity index (χ4n) is 2.69. The first-order valence-electron chi connectivity index (χ1n) is 6.76. The van der Waals surface area contributed by atoms with Crippen LogP contribution in [-0.2, 0) is 0 Å². The van der Waals surface area contributed by atoms with Crippen LogP contribution in [0.5, 0.6) is 17.2 Å². The lowest BCUT2D eigenvalue weighted by Gasteiger charge is -2.20. The summed E-state index contributed by atoms with van der Waals surface area (Å²) in [5.74, 6) is 2.74. The van der Waals surface area contributed by atoms with Gasteiger partial charge in [0.15, 0.2) is 11.5 Å². The van der Waals surface area contributed by atoms with Gasteiger partial charge in [0.1, 0.15) is 5.75 Å². The minimum absolute atomic E-state index is 0.328. The van der Waals surface area contributed by atoms with Gasteiger partial charge in [0.25, 0.3) is 0 Å². The van der Waals surface area contributed by atoms with Crippen LogP contribution in [0.15, 0.2) is 18.2 Å². The zero-order valence-corrected chi connectivity index (χ0v) is 13.0. The predicted molar refractivity (Wildman–Crippen MR) is 82.4 cm³/mol. The van der Waals surface area contributed by atoms with Crippen molar-refractivity contribution in [2.75, 3.05) is 21.3 Å². The molecule has 0 aromatic heterocycles. The summed E-state index contributed by atoms with van der Waals surface area (Å²) in [7, 11) is 5.04. The third-order valence-corrected chi connectivity index (χ3v) is 3.54. The Kier molecular flexibility index (Phi) is 4.07. The average Bonchev–Trinajstić information content (AvgIpc) is 2.43. The molecule has 0 saturated carbocycles. The van der Waals surface area contributed by atoms with Gasteiger partial charge in [0.2, 0.25) is 0 Å². The number of benzene rings is 2. The molecule has 3 heteroatoms. The maximum Gasteiger partial charge on any atom is 0.164 e. The molecule has 0 aliphatic carbocycles. The van der Waals surface area contributed by atoms with E-state index in [-0.39, 0.29) is 0 Å². The first-order valence-corrected chi connectivity index (χ1v) is 6.76. The van der Waals surface area contributed by atoms with E-state index in [1.807, 2.05) is 12.1 Å². The third kappa shape index (κ3) is 2.28. The van der Waals surface area contributed by atoms with Crippen LogP contribution < -0.4 is 14.2 Å². The summed E-state index contributed by atoms with van der Waals surface area (Å²) < 4.78 is 16.6. The van der Waals surface area contributed by atoms with E-state index in [0.29, 0.717) is 5.92 Å². The molecule has 0 heterocycles. The molecule has 0 spiro atoms. The molecule has 0 fully saturated rings. The molecular formula is C17H22O3. The van der Waals surface area contributed by atoms with E-state index in [1.165, 1.54) is 5.56 Å². The van der Waals surface area contributed by atoms with Gasteiger partial charge in [-0.2, -0.15) is 0 Å². The Hall–Kier alpha value is -1.90. The minimum atomic E-state index is 0.328. The van der Waals surface area contributed by atoms with Crippen LogP contribution in [0.3, 0.4) is 0 Å². The fourth-order valence-corrected chi connectivity index (χ4v) is 2.69. The van der Waals surface area contributed by atoms with E-state index >= 15 is 0 Å². The monoisotopic (exact) mass is 274 g/mol. The Bertz CT molecular complexity index is 630. The fraction of sp³-hybridized carbons (Fsp3) is 0.412. The molecular weight excluding hydrogens is 252 g/mol. The standard InChI is InChI=1S/C17H22O3/c1-10(2)16-13-7-11(3)8-14(18-4)12(13)9-15(19-5)17(16)20-6/h7-10H,1-6H3. The van der Waals surface area contributed by atoms with Crippen LogP contribution in [0.4, 0.5) is 0 Å². The molecule has 0 aliphatic rings. The Balaban J connectivity index is 2.96. The van der Waals surface area contributed by atoms with Gasteiger partial charge in [-0.3, -0.25) is 0 Å². The molecule has 0 N–H and O–H groups in total. The van der Waals surface area contributed by atoms with Crippen LogP contribution in [0.1, 0.15) is 30.9 Å². The number of hydrogen-bond donors (Lipinski definition) is 0. The van der Waals surface area contributed by atoms with Gasteiger partial charge >= 0.3 is 0 Å². The molecule has 2 aromatic carbocycles. The van der Waals surface area contributed by atoms with Gasteiger partial charge < -0.3 is 14.2 Å². The number of rotatable bonds is 4. The van der Waals surface area contributed by atoms with Crippen molar-refractivity contribution in [1.82, 2.24) is 0 Å². The van der Waals surface area contributed by atoms with Crippen molar-refractivity contribution < 1.29 is 14.2 Å². The highest BCUT2D eigenvalue weighted by atomic mass is 16.5. The topological polar surface area (TPSA) is 27.7 Å². The number of methoxy groups -OCH3 is 3. The molecule has 0 saturated heterocycles. The van der Waals surface area contributed by atoms with Gasteiger partial charge in [0.05, 0.1) is 21.3 Å². The number of aryl methyl sites for hydroxylation is 1. The Labute approximate surface area is 120 Å². The Morgan fingerprint density at radius 1 is 0.800 bits per heavy atom. The van der Waals surface area contributed by atoms with Gasteiger partial charge in [0, 0.05) is 10.9 Å². The first-order chi connectivity index (χ1) is 9.53. The van der Waals surface area contributed by atoms with Crippen molar-refractivity contribution in [1.29, 1.82) is 0 Å². The highest BCUT2D eigenvalue weighted by Crippen LogP contribution is 2.44. The lowest BCUT2D eigenvalue weighted by molar-refractivity contribution is 0.351. The summed E-state index contributed by atoms with van der Waals surface area (Å²) in [6.45, 7) is 6.39. The first kappa shape index (κ1) is 14.5. The van der Waals surface area contributed by atoms with Crippen LogP contribution >= 0.6 is 0 Å². The second-order valence-corrected chi connectivity index (χ2v) is 5.24. The summed E-state index contributed by atoms with van der Waals surface area (Å²) in [6, 6.07) is 6.20. The molecule has 2 aromatic rings. The minimum Gasteiger partial charge on any atom is -0.496 e.